The molecule has 1 aromatic rings. The van der Waals surface area contributed by atoms with Crippen LogP contribution in [0.25, 0.3) is 0 Å². The van der Waals surface area contributed by atoms with Crippen LogP contribution in [0, 0.1) is 24.7 Å². The van der Waals surface area contributed by atoms with Crippen LogP contribution in [0.15, 0.2) is 12.4 Å². The molecule has 3 atom stereocenters. The Morgan fingerprint density at radius 1 is 1.18 bits per heavy atom. The van der Waals surface area contributed by atoms with E-state index in [1.165, 1.54) is 19.3 Å². The molecule has 3 fully saturated rings. The number of carbonyl (C=O) groups is 1. The van der Waals surface area contributed by atoms with Gasteiger partial charge in [0.05, 0.1) is 0 Å². The van der Waals surface area contributed by atoms with Crippen molar-refractivity contribution in [2.45, 2.75) is 45.1 Å². The van der Waals surface area contributed by atoms with E-state index in [0.29, 0.717) is 29.7 Å². The fourth-order valence-corrected chi connectivity index (χ4v) is 4.37. The molecule has 3 aliphatic rings. The van der Waals surface area contributed by atoms with Gasteiger partial charge in [0.2, 0.25) is 5.91 Å². The number of rotatable bonds is 3. The van der Waals surface area contributed by atoms with Gasteiger partial charge in [0.1, 0.15) is 12.1 Å². The minimum atomic E-state index is 0.325. The van der Waals surface area contributed by atoms with Gasteiger partial charge < -0.3 is 10.2 Å². The molecule has 5 heteroatoms. The fraction of sp³-hybridized carbons (Fsp3) is 0.706. The summed E-state index contributed by atoms with van der Waals surface area (Å²) in [6.07, 6.45) is 7.52. The van der Waals surface area contributed by atoms with Crippen LogP contribution in [0.5, 0.6) is 0 Å². The summed E-state index contributed by atoms with van der Waals surface area (Å²) in [6.45, 7) is 3.91. The van der Waals surface area contributed by atoms with Crippen molar-refractivity contribution in [1.29, 1.82) is 0 Å². The van der Waals surface area contributed by atoms with E-state index in [1.807, 2.05) is 13.0 Å². The number of fused-ring (bicyclic) bond motifs is 1. The molecular formula is C17H24N4O. The van der Waals surface area contributed by atoms with Crippen molar-refractivity contribution in [3.63, 3.8) is 0 Å². The van der Waals surface area contributed by atoms with E-state index in [4.69, 9.17) is 0 Å². The van der Waals surface area contributed by atoms with Gasteiger partial charge in [-0.3, -0.25) is 4.79 Å². The quantitative estimate of drug-likeness (QED) is 0.926. The van der Waals surface area contributed by atoms with Crippen LogP contribution >= 0.6 is 0 Å². The summed E-state index contributed by atoms with van der Waals surface area (Å²) in [6, 6.07) is 2.37. The lowest BCUT2D eigenvalue weighted by Crippen LogP contribution is -2.45. The van der Waals surface area contributed by atoms with Crippen molar-refractivity contribution in [2.75, 3.05) is 18.0 Å². The molecule has 2 heterocycles. The first-order chi connectivity index (χ1) is 10.7. The van der Waals surface area contributed by atoms with Gasteiger partial charge in [-0.2, -0.15) is 0 Å². The Kier molecular flexibility index (Phi) is 3.51. The van der Waals surface area contributed by atoms with Crippen molar-refractivity contribution in [1.82, 2.24) is 15.3 Å². The molecular weight excluding hydrogens is 276 g/mol. The molecule has 1 aliphatic heterocycles. The SMILES string of the molecule is Cc1cc(N2CCC(NC(=O)C3[C@H]4CCC[C@@H]34)CC2)ncn1. The van der Waals surface area contributed by atoms with E-state index in [-0.39, 0.29) is 0 Å². The summed E-state index contributed by atoms with van der Waals surface area (Å²) in [5, 5.41) is 3.29. The maximum absolute atomic E-state index is 12.3. The molecule has 5 nitrogen and oxygen atoms in total. The molecule has 2 aliphatic carbocycles. The first kappa shape index (κ1) is 14.0. The van der Waals surface area contributed by atoms with E-state index in [0.717, 1.165) is 37.4 Å². The van der Waals surface area contributed by atoms with E-state index in [2.05, 4.69) is 20.2 Å². The first-order valence-electron chi connectivity index (χ1n) is 8.56. The molecule has 118 valence electrons. The van der Waals surface area contributed by atoms with Crippen LogP contribution in [0.2, 0.25) is 0 Å². The zero-order chi connectivity index (χ0) is 15.1. The van der Waals surface area contributed by atoms with Crippen LogP contribution in [-0.4, -0.2) is 35.0 Å². The largest absolute Gasteiger partial charge is 0.356 e. The fourth-order valence-electron chi connectivity index (χ4n) is 4.37. The number of aromatic nitrogens is 2. The summed E-state index contributed by atoms with van der Waals surface area (Å²) < 4.78 is 0. The maximum Gasteiger partial charge on any atom is 0.223 e. The third kappa shape index (κ3) is 2.57. The zero-order valence-electron chi connectivity index (χ0n) is 13.2. The Morgan fingerprint density at radius 2 is 1.91 bits per heavy atom. The van der Waals surface area contributed by atoms with Gasteiger partial charge in [-0.15, -0.1) is 0 Å². The Balaban J connectivity index is 1.28. The Morgan fingerprint density at radius 3 is 2.59 bits per heavy atom. The smallest absolute Gasteiger partial charge is 0.223 e. The Hall–Kier alpha value is -1.65. The van der Waals surface area contributed by atoms with Crippen molar-refractivity contribution < 1.29 is 4.79 Å². The number of piperidine rings is 1. The third-order valence-corrected chi connectivity index (χ3v) is 5.66. The number of nitrogens with one attached hydrogen (secondary N) is 1. The lowest BCUT2D eigenvalue weighted by Gasteiger charge is -2.33. The number of amides is 1. The Bertz CT molecular complexity index is 558. The monoisotopic (exact) mass is 300 g/mol. The van der Waals surface area contributed by atoms with Crippen molar-refractivity contribution >= 4 is 11.7 Å². The van der Waals surface area contributed by atoms with Crippen molar-refractivity contribution in [3.8, 4) is 0 Å². The van der Waals surface area contributed by atoms with Crippen LogP contribution in [0.3, 0.4) is 0 Å². The summed E-state index contributed by atoms with van der Waals surface area (Å²) in [4.78, 5) is 23.1. The van der Waals surface area contributed by atoms with E-state index >= 15 is 0 Å². The van der Waals surface area contributed by atoms with Gasteiger partial charge in [-0.1, -0.05) is 6.42 Å². The minimum absolute atomic E-state index is 0.325. The van der Waals surface area contributed by atoms with Crippen LogP contribution in [-0.2, 0) is 4.79 Å². The predicted molar refractivity (Wildman–Crippen MR) is 84.5 cm³/mol. The standard InChI is InChI=1S/C17H24N4O/c1-11-9-15(19-10-18-11)21-7-5-12(6-8-21)20-17(22)16-13-3-2-4-14(13)16/h9-10,12-14,16H,2-8H2,1H3,(H,20,22)/t13-,14+,16?. The molecule has 1 unspecified atom stereocenters. The third-order valence-electron chi connectivity index (χ3n) is 5.66. The highest BCUT2D eigenvalue weighted by molar-refractivity contribution is 5.82. The molecule has 1 saturated heterocycles. The second-order valence-corrected chi connectivity index (χ2v) is 7.07. The number of hydrogen-bond acceptors (Lipinski definition) is 4. The summed E-state index contributed by atoms with van der Waals surface area (Å²) in [5.74, 6) is 3.10. The summed E-state index contributed by atoms with van der Waals surface area (Å²) >= 11 is 0. The summed E-state index contributed by atoms with van der Waals surface area (Å²) in [7, 11) is 0. The molecule has 2 saturated carbocycles. The molecule has 1 aromatic heterocycles. The highest BCUT2D eigenvalue weighted by Gasteiger charge is 2.56. The lowest BCUT2D eigenvalue weighted by atomic mass is 10.0. The van der Waals surface area contributed by atoms with Gasteiger partial charge in [0.15, 0.2) is 0 Å². The van der Waals surface area contributed by atoms with Crippen LogP contribution < -0.4 is 10.2 Å². The molecule has 0 aromatic carbocycles. The molecule has 22 heavy (non-hydrogen) atoms. The second-order valence-electron chi connectivity index (χ2n) is 7.07. The van der Waals surface area contributed by atoms with E-state index < -0.39 is 0 Å². The summed E-state index contributed by atoms with van der Waals surface area (Å²) in [5.41, 5.74) is 1.00. The van der Waals surface area contributed by atoms with Gasteiger partial charge in [-0.05, 0) is 44.4 Å². The average molecular weight is 300 g/mol. The molecule has 1 N–H and O–H groups in total. The number of anilines is 1. The highest BCUT2D eigenvalue weighted by Crippen LogP contribution is 2.57. The van der Waals surface area contributed by atoms with Crippen LogP contribution in [0.4, 0.5) is 5.82 Å². The molecule has 0 bridgehead atoms. The second kappa shape index (κ2) is 5.52. The maximum atomic E-state index is 12.3. The van der Waals surface area contributed by atoms with Crippen LogP contribution in [0.1, 0.15) is 37.8 Å². The molecule has 0 spiro atoms. The molecule has 0 radical (unpaired) electrons. The van der Waals surface area contributed by atoms with Gasteiger partial charge in [-0.25, -0.2) is 9.97 Å². The average Bonchev–Trinajstić information content (AvgIpc) is 3.01. The first-order valence-corrected chi connectivity index (χ1v) is 8.56. The molecule has 1 amide bonds. The van der Waals surface area contributed by atoms with Gasteiger partial charge in [0.25, 0.3) is 0 Å². The number of carbonyl (C=O) groups excluding carboxylic acids is 1. The normalized spacial score (nSPS) is 31.0. The predicted octanol–water partition coefficient (Wildman–Crippen LogP) is 1.92. The number of aryl methyl sites for hydroxylation is 1. The van der Waals surface area contributed by atoms with Crippen molar-refractivity contribution in [3.05, 3.63) is 18.1 Å². The minimum Gasteiger partial charge on any atom is -0.356 e. The lowest BCUT2D eigenvalue weighted by molar-refractivity contribution is -0.123. The zero-order valence-corrected chi connectivity index (χ0v) is 13.2. The highest BCUT2D eigenvalue weighted by atomic mass is 16.2. The van der Waals surface area contributed by atoms with Crippen molar-refractivity contribution in [2.24, 2.45) is 17.8 Å². The molecule has 4 rings (SSSR count). The number of nitrogens with zero attached hydrogens (tertiary/aromatic N) is 3. The van der Waals surface area contributed by atoms with Gasteiger partial charge >= 0.3 is 0 Å². The number of hydrogen-bond donors (Lipinski definition) is 1. The van der Waals surface area contributed by atoms with E-state index in [1.54, 1.807) is 6.33 Å². The topological polar surface area (TPSA) is 58.1 Å². The Labute approximate surface area is 131 Å². The van der Waals surface area contributed by atoms with E-state index in [9.17, 15) is 4.79 Å². The van der Waals surface area contributed by atoms with Gasteiger partial charge in [0, 0.05) is 36.8 Å².